The van der Waals surface area contributed by atoms with Crippen LogP contribution in [0.2, 0.25) is 0 Å². The van der Waals surface area contributed by atoms with E-state index in [1.54, 1.807) is 0 Å². The van der Waals surface area contributed by atoms with Crippen molar-refractivity contribution in [2.24, 2.45) is 16.9 Å². The Bertz CT molecular complexity index is 200. The molecule has 3 heteroatoms. The van der Waals surface area contributed by atoms with Crippen LogP contribution in [0.3, 0.4) is 0 Å². The van der Waals surface area contributed by atoms with Crippen LogP contribution < -0.4 is 11.5 Å². The Morgan fingerprint density at radius 2 is 1.82 bits per heavy atom. The Hall–Kier alpha value is -0.570. The average molecular weight is 154 g/mol. The van der Waals surface area contributed by atoms with E-state index in [2.05, 4.69) is 0 Å². The summed E-state index contributed by atoms with van der Waals surface area (Å²) in [6, 6.07) is 0. The van der Waals surface area contributed by atoms with E-state index < -0.39 is 5.54 Å². The minimum Gasteiger partial charge on any atom is -0.368 e. The topological polar surface area (TPSA) is 69.1 Å². The molecule has 62 valence electrons. The normalized spacial score (nSPS) is 30.6. The molecule has 2 aliphatic carbocycles. The fraction of sp³-hybridized carbons (Fsp3) is 0.875. The molecule has 0 bridgehead atoms. The van der Waals surface area contributed by atoms with Gasteiger partial charge in [0.15, 0.2) is 0 Å². The Kier molecular flexibility index (Phi) is 1.15. The van der Waals surface area contributed by atoms with Crippen LogP contribution in [0.5, 0.6) is 0 Å². The second-order valence-corrected chi connectivity index (χ2v) is 4.23. The largest absolute Gasteiger partial charge is 0.368 e. The van der Waals surface area contributed by atoms with Gasteiger partial charge in [0.2, 0.25) is 5.91 Å². The van der Waals surface area contributed by atoms with Crippen molar-refractivity contribution in [1.29, 1.82) is 0 Å². The molecule has 2 fully saturated rings. The molecule has 0 heterocycles. The first-order chi connectivity index (χ1) is 5.06. The number of primary amides is 1. The standard InChI is InChI=1S/C8H14N2O/c9-6(11)8(10)4-7(5-8)2-1-3-7/h1-5,10H2,(H2,9,11). The van der Waals surface area contributed by atoms with Crippen LogP contribution in [0.25, 0.3) is 0 Å². The van der Waals surface area contributed by atoms with Crippen molar-refractivity contribution in [2.75, 3.05) is 0 Å². The predicted octanol–water partition coefficient (Wildman–Crippen LogP) is 0.133. The molecule has 0 unspecified atom stereocenters. The van der Waals surface area contributed by atoms with Crippen molar-refractivity contribution < 1.29 is 4.79 Å². The van der Waals surface area contributed by atoms with Gasteiger partial charge >= 0.3 is 0 Å². The molecule has 0 saturated heterocycles. The third-order valence-corrected chi connectivity index (χ3v) is 3.29. The first-order valence-electron chi connectivity index (χ1n) is 4.15. The van der Waals surface area contributed by atoms with Crippen LogP contribution in [0.15, 0.2) is 0 Å². The molecule has 0 aromatic rings. The summed E-state index contributed by atoms with van der Waals surface area (Å²) in [6.07, 6.45) is 5.46. The molecule has 2 saturated carbocycles. The van der Waals surface area contributed by atoms with E-state index >= 15 is 0 Å². The first-order valence-corrected chi connectivity index (χ1v) is 4.15. The Morgan fingerprint density at radius 3 is 2.09 bits per heavy atom. The third-order valence-electron chi connectivity index (χ3n) is 3.29. The molecule has 0 atom stereocenters. The van der Waals surface area contributed by atoms with Gasteiger partial charge in [-0.05, 0) is 31.1 Å². The van der Waals surface area contributed by atoms with E-state index in [4.69, 9.17) is 11.5 Å². The van der Waals surface area contributed by atoms with E-state index in [9.17, 15) is 4.79 Å². The Labute approximate surface area is 66.1 Å². The van der Waals surface area contributed by atoms with Crippen molar-refractivity contribution in [3.63, 3.8) is 0 Å². The maximum absolute atomic E-state index is 10.8. The van der Waals surface area contributed by atoms with E-state index in [-0.39, 0.29) is 5.91 Å². The number of amides is 1. The fourth-order valence-corrected chi connectivity index (χ4v) is 2.49. The van der Waals surface area contributed by atoms with Crippen LogP contribution in [0.4, 0.5) is 0 Å². The molecule has 2 aliphatic rings. The van der Waals surface area contributed by atoms with E-state index in [1.165, 1.54) is 19.3 Å². The number of rotatable bonds is 1. The zero-order valence-electron chi connectivity index (χ0n) is 6.60. The van der Waals surface area contributed by atoms with Gasteiger partial charge in [-0.15, -0.1) is 0 Å². The minimum absolute atomic E-state index is 0.324. The van der Waals surface area contributed by atoms with Crippen molar-refractivity contribution in [2.45, 2.75) is 37.6 Å². The summed E-state index contributed by atoms with van der Waals surface area (Å²) in [7, 11) is 0. The monoisotopic (exact) mass is 154 g/mol. The van der Waals surface area contributed by atoms with Crippen LogP contribution in [-0.4, -0.2) is 11.4 Å². The van der Waals surface area contributed by atoms with Gasteiger partial charge in [-0.2, -0.15) is 0 Å². The van der Waals surface area contributed by atoms with Crippen molar-refractivity contribution in [3.05, 3.63) is 0 Å². The quantitative estimate of drug-likeness (QED) is 0.563. The minimum atomic E-state index is -0.652. The number of carbonyl (C=O) groups is 1. The molecule has 3 nitrogen and oxygen atoms in total. The van der Waals surface area contributed by atoms with Crippen molar-refractivity contribution in [3.8, 4) is 0 Å². The van der Waals surface area contributed by atoms with Crippen LogP contribution >= 0.6 is 0 Å². The zero-order valence-corrected chi connectivity index (χ0v) is 6.60. The molecule has 4 N–H and O–H groups in total. The van der Waals surface area contributed by atoms with Crippen molar-refractivity contribution >= 4 is 5.91 Å². The summed E-state index contributed by atoms with van der Waals surface area (Å²) in [4.78, 5) is 10.8. The van der Waals surface area contributed by atoms with Gasteiger partial charge in [0.05, 0.1) is 5.54 Å². The summed E-state index contributed by atoms with van der Waals surface area (Å²) in [5.74, 6) is -0.324. The Balaban J connectivity index is 2.00. The summed E-state index contributed by atoms with van der Waals surface area (Å²) in [5.41, 5.74) is 10.7. The van der Waals surface area contributed by atoms with Gasteiger partial charge in [0.25, 0.3) is 0 Å². The van der Waals surface area contributed by atoms with Gasteiger partial charge in [-0.25, -0.2) is 0 Å². The lowest BCUT2D eigenvalue weighted by Gasteiger charge is -2.58. The number of hydrogen-bond acceptors (Lipinski definition) is 2. The number of carbonyl (C=O) groups excluding carboxylic acids is 1. The average Bonchev–Trinajstić information content (AvgIpc) is 1.75. The number of hydrogen-bond donors (Lipinski definition) is 2. The maximum Gasteiger partial charge on any atom is 0.237 e. The van der Waals surface area contributed by atoms with Gasteiger partial charge < -0.3 is 11.5 Å². The second-order valence-electron chi connectivity index (χ2n) is 4.23. The molecular weight excluding hydrogens is 140 g/mol. The molecule has 11 heavy (non-hydrogen) atoms. The van der Waals surface area contributed by atoms with Crippen molar-refractivity contribution in [1.82, 2.24) is 0 Å². The molecule has 0 radical (unpaired) electrons. The predicted molar refractivity (Wildman–Crippen MR) is 41.6 cm³/mol. The molecule has 2 rings (SSSR count). The molecule has 0 aromatic carbocycles. The molecular formula is C8H14N2O. The van der Waals surface area contributed by atoms with E-state index in [0.29, 0.717) is 5.41 Å². The Morgan fingerprint density at radius 1 is 1.27 bits per heavy atom. The lowest BCUT2D eigenvalue weighted by molar-refractivity contribution is -0.137. The fourth-order valence-electron chi connectivity index (χ4n) is 2.49. The lowest BCUT2D eigenvalue weighted by Crippen LogP contribution is -2.66. The lowest BCUT2D eigenvalue weighted by atomic mass is 9.48. The summed E-state index contributed by atoms with van der Waals surface area (Å²) in [6.45, 7) is 0. The van der Waals surface area contributed by atoms with Gasteiger partial charge in [0, 0.05) is 0 Å². The number of nitrogens with two attached hydrogens (primary N) is 2. The second kappa shape index (κ2) is 1.78. The third kappa shape index (κ3) is 0.805. The van der Waals surface area contributed by atoms with Gasteiger partial charge in [-0.1, -0.05) is 6.42 Å². The van der Waals surface area contributed by atoms with Crippen LogP contribution in [0, 0.1) is 5.41 Å². The van der Waals surface area contributed by atoms with E-state index in [1.807, 2.05) is 0 Å². The highest BCUT2D eigenvalue weighted by Gasteiger charge is 2.57. The first kappa shape index (κ1) is 7.10. The van der Waals surface area contributed by atoms with Gasteiger partial charge in [0.1, 0.15) is 0 Å². The highest BCUT2D eigenvalue weighted by Crippen LogP contribution is 2.59. The summed E-state index contributed by atoms with van der Waals surface area (Å²) < 4.78 is 0. The summed E-state index contributed by atoms with van der Waals surface area (Å²) >= 11 is 0. The van der Waals surface area contributed by atoms with Crippen LogP contribution in [-0.2, 0) is 4.79 Å². The van der Waals surface area contributed by atoms with Crippen LogP contribution in [0.1, 0.15) is 32.1 Å². The zero-order chi connectivity index (χ0) is 8.11. The molecule has 0 aromatic heterocycles. The SMILES string of the molecule is NC(=O)C1(N)CC2(CCC2)C1. The highest BCUT2D eigenvalue weighted by atomic mass is 16.1. The smallest absolute Gasteiger partial charge is 0.237 e. The molecule has 1 amide bonds. The van der Waals surface area contributed by atoms with E-state index in [0.717, 1.165) is 12.8 Å². The molecule has 1 spiro atoms. The maximum atomic E-state index is 10.8. The van der Waals surface area contributed by atoms with Gasteiger partial charge in [-0.3, -0.25) is 4.79 Å². The summed E-state index contributed by atoms with van der Waals surface area (Å²) in [5, 5.41) is 0. The molecule has 0 aliphatic heterocycles. The highest BCUT2D eigenvalue weighted by molar-refractivity contribution is 5.85.